The maximum atomic E-state index is 11.0. The van der Waals surface area contributed by atoms with Gasteiger partial charge in [-0.25, -0.2) is 0 Å². The third kappa shape index (κ3) is 4.02. The van der Waals surface area contributed by atoms with Crippen LogP contribution in [-0.2, 0) is 16.8 Å². The van der Waals surface area contributed by atoms with Gasteiger partial charge in [0.15, 0.2) is 11.5 Å². The topological polar surface area (TPSA) is 85.3 Å². The minimum Gasteiger partial charge on any atom is -0.493 e. The van der Waals surface area contributed by atoms with Crippen molar-refractivity contribution in [1.82, 2.24) is 4.90 Å². The predicted molar refractivity (Wildman–Crippen MR) is 81.1 cm³/mol. The molecule has 1 aromatic carbocycles. The molecule has 0 spiro atoms. The van der Waals surface area contributed by atoms with Crippen LogP contribution in [0.2, 0.25) is 0 Å². The van der Waals surface area contributed by atoms with E-state index in [9.17, 15) is 8.42 Å². The highest BCUT2D eigenvalue weighted by molar-refractivity contribution is 7.81. The summed E-state index contributed by atoms with van der Waals surface area (Å²) in [6.45, 7) is 4.33. The summed E-state index contributed by atoms with van der Waals surface area (Å²) in [6.07, 6.45) is 2.00. The second-order valence-corrected chi connectivity index (χ2v) is 6.31. The number of likely N-dealkylation sites (tertiary alicyclic amines) is 1. The van der Waals surface area contributed by atoms with Gasteiger partial charge < -0.3 is 18.6 Å². The van der Waals surface area contributed by atoms with Crippen LogP contribution in [0.1, 0.15) is 18.9 Å². The Kier molecular flexibility index (Phi) is 5.15. The lowest BCUT2D eigenvalue weighted by Crippen LogP contribution is -2.44. The molecular formula is C14H21NO6S. The zero-order valence-corrected chi connectivity index (χ0v) is 13.7. The molecular weight excluding hydrogens is 310 g/mol. The molecule has 1 aliphatic rings. The second-order valence-electron chi connectivity index (χ2n) is 5.28. The Morgan fingerprint density at radius 1 is 1.23 bits per heavy atom. The van der Waals surface area contributed by atoms with E-state index in [1.165, 1.54) is 20.6 Å². The molecule has 0 radical (unpaired) electrons. The van der Waals surface area contributed by atoms with Gasteiger partial charge in [-0.05, 0) is 50.6 Å². The molecule has 0 aromatic heterocycles. The van der Waals surface area contributed by atoms with Crippen LogP contribution in [0.4, 0.5) is 0 Å². The van der Waals surface area contributed by atoms with Crippen molar-refractivity contribution >= 4 is 10.4 Å². The van der Waals surface area contributed by atoms with Crippen LogP contribution >= 0.6 is 0 Å². The van der Waals surface area contributed by atoms with Gasteiger partial charge in [0.25, 0.3) is 0 Å². The SMILES string of the molecule is COc1cc(CC(C)N2CCC2)cc(OC)c1OS(=O)(=O)O. The van der Waals surface area contributed by atoms with Crippen molar-refractivity contribution in [1.29, 1.82) is 0 Å². The van der Waals surface area contributed by atoms with E-state index in [0.717, 1.165) is 25.1 Å². The molecule has 8 heteroatoms. The molecule has 7 nitrogen and oxygen atoms in total. The van der Waals surface area contributed by atoms with Gasteiger partial charge in [-0.2, -0.15) is 8.42 Å². The van der Waals surface area contributed by atoms with Crippen molar-refractivity contribution in [3.63, 3.8) is 0 Å². The van der Waals surface area contributed by atoms with Crippen molar-refractivity contribution in [3.05, 3.63) is 17.7 Å². The second kappa shape index (κ2) is 6.72. The third-order valence-electron chi connectivity index (χ3n) is 3.75. The number of methoxy groups -OCH3 is 2. The van der Waals surface area contributed by atoms with E-state index in [1.807, 2.05) is 0 Å². The van der Waals surface area contributed by atoms with Crippen molar-refractivity contribution in [2.75, 3.05) is 27.3 Å². The van der Waals surface area contributed by atoms with Crippen LogP contribution in [-0.4, -0.2) is 51.2 Å². The summed E-state index contributed by atoms with van der Waals surface area (Å²) < 4.78 is 45.7. The number of benzene rings is 1. The molecule has 2 rings (SSSR count). The monoisotopic (exact) mass is 331 g/mol. The fourth-order valence-electron chi connectivity index (χ4n) is 2.49. The minimum absolute atomic E-state index is 0.159. The molecule has 1 aliphatic heterocycles. The number of ether oxygens (including phenoxy) is 2. The average molecular weight is 331 g/mol. The number of rotatable bonds is 7. The van der Waals surface area contributed by atoms with E-state index in [-0.39, 0.29) is 17.2 Å². The Bertz CT molecular complexity index is 601. The maximum Gasteiger partial charge on any atom is 0.446 e. The Morgan fingerprint density at radius 3 is 2.14 bits per heavy atom. The molecule has 22 heavy (non-hydrogen) atoms. The minimum atomic E-state index is -4.65. The van der Waals surface area contributed by atoms with Crippen LogP contribution in [0.3, 0.4) is 0 Å². The average Bonchev–Trinajstić information content (AvgIpc) is 2.36. The predicted octanol–water partition coefficient (Wildman–Crippen LogP) is 1.52. The molecule has 0 aliphatic carbocycles. The summed E-state index contributed by atoms with van der Waals surface area (Å²) in [5, 5.41) is 0. The van der Waals surface area contributed by atoms with E-state index in [0.29, 0.717) is 6.04 Å². The first-order chi connectivity index (χ1) is 10.3. The molecule has 0 bridgehead atoms. The summed E-state index contributed by atoms with van der Waals surface area (Å²) >= 11 is 0. The highest BCUT2D eigenvalue weighted by Gasteiger charge is 2.23. The van der Waals surface area contributed by atoms with Crippen molar-refractivity contribution in [2.24, 2.45) is 0 Å². The molecule has 1 aromatic rings. The molecule has 1 fully saturated rings. The van der Waals surface area contributed by atoms with Gasteiger partial charge in [0.1, 0.15) is 0 Å². The molecule has 0 saturated carbocycles. The first-order valence-corrected chi connectivity index (χ1v) is 8.36. The van der Waals surface area contributed by atoms with Crippen molar-refractivity contribution in [3.8, 4) is 17.2 Å². The molecule has 1 heterocycles. The fourth-order valence-corrected chi connectivity index (χ4v) is 2.87. The van der Waals surface area contributed by atoms with Crippen molar-refractivity contribution in [2.45, 2.75) is 25.8 Å². The van der Waals surface area contributed by atoms with E-state index in [4.69, 9.17) is 14.0 Å². The van der Waals surface area contributed by atoms with Crippen LogP contribution in [0.15, 0.2) is 12.1 Å². The van der Waals surface area contributed by atoms with Crippen LogP contribution in [0.25, 0.3) is 0 Å². The first kappa shape index (κ1) is 16.9. The first-order valence-electron chi connectivity index (χ1n) is 7.00. The van der Waals surface area contributed by atoms with Gasteiger partial charge >= 0.3 is 10.4 Å². The highest BCUT2D eigenvalue weighted by Crippen LogP contribution is 2.39. The molecule has 124 valence electrons. The number of hydrogen-bond donors (Lipinski definition) is 1. The normalized spacial score (nSPS) is 16.7. The van der Waals surface area contributed by atoms with Gasteiger partial charge in [-0.1, -0.05) is 0 Å². The lowest BCUT2D eigenvalue weighted by molar-refractivity contribution is 0.128. The smallest absolute Gasteiger partial charge is 0.446 e. The number of hydrogen-bond acceptors (Lipinski definition) is 6. The summed E-state index contributed by atoms with van der Waals surface area (Å²) in [5.74, 6) is 0.235. The summed E-state index contributed by atoms with van der Waals surface area (Å²) in [4.78, 5) is 2.36. The van der Waals surface area contributed by atoms with E-state index < -0.39 is 10.4 Å². The van der Waals surface area contributed by atoms with E-state index in [1.54, 1.807) is 12.1 Å². The number of nitrogens with zero attached hydrogens (tertiary/aromatic N) is 1. The van der Waals surface area contributed by atoms with E-state index in [2.05, 4.69) is 16.0 Å². The lowest BCUT2D eigenvalue weighted by Gasteiger charge is -2.36. The van der Waals surface area contributed by atoms with Gasteiger partial charge in [-0.3, -0.25) is 4.55 Å². The zero-order chi connectivity index (χ0) is 16.3. The van der Waals surface area contributed by atoms with Crippen LogP contribution < -0.4 is 13.7 Å². The Morgan fingerprint density at radius 2 is 1.77 bits per heavy atom. The quantitative estimate of drug-likeness (QED) is 0.758. The summed E-state index contributed by atoms with van der Waals surface area (Å²) in [7, 11) is -1.86. The molecule has 0 amide bonds. The van der Waals surface area contributed by atoms with Gasteiger partial charge in [0.2, 0.25) is 5.75 Å². The van der Waals surface area contributed by atoms with E-state index >= 15 is 0 Å². The highest BCUT2D eigenvalue weighted by atomic mass is 32.3. The Balaban J connectivity index is 2.29. The summed E-state index contributed by atoms with van der Waals surface area (Å²) in [6, 6.07) is 3.76. The van der Waals surface area contributed by atoms with Crippen molar-refractivity contribution < 1.29 is 26.6 Å². The molecule has 1 N–H and O–H groups in total. The molecule has 1 atom stereocenters. The largest absolute Gasteiger partial charge is 0.493 e. The maximum absolute atomic E-state index is 11.0. The zero-order valence-electron chi connectivity index (χ0n) is 12.9. The standard InChI is InChI=1S/C14H21NO6S/c1-10(15-5-4-6-15)7-11-8-12(19-2)14(13(9-11)20-3)21-22(16,17)18/h8-10H,4-7H2,1-3H3,(H,16,17,18). The van der Waals surface area contributed by atoms with Crippen LogP contribution in [0.5, 0.6) is 17.2 Å². The van der Waals surface area contributed by atoms with Crippen LogP contribution in [0, 0.1) is 0 Å². The van der Waals surface area contributed by atoms with Gasteiger partial charge in [0.05, 0.1) is 14.2 Å². The Labute approximate surface area is 130 Å². The molecule has 1 saturated heterocycles. The van der Waals surface area contributed by atoms with Gasteiger partial charge in [0, 0.05) is 6.04 Å². The summed E-state index contributed by atoms with van der Waals surface area (Å²) in [5.41, 5.74) is 0.941. The lowest BCUT2D eigenvalue weighted by atomic mass is 10.0. The Hall–Kier alpha value is -1.51. The third-order valence-corrected chi connectivity index (χ3v) is 4.13. The molecule has 1 unspecified atom stereocenters. The fraction of sp³-hybridized carbons (Fsp3) is 0.571. The van der Waals surface area contributed by atoms with Gasteiger partial charge in [-0.15, -0.1) is 0 Å².